The quantitative estimate of drug-likeness (QED) is 0.301. The Kier molecular flexibility index (Phi) is 6.87. The number of aromatic nitrogens is 2. The van der Waals surface area contributed by atoms with Crippen molar-refractivity contribution in [1.29, 1.82) is 0 Å². The number of aliphatic carboxylic acids is 2. The van der Waals surface area contributed by atoms with E-state index < -0.39 is 17.4 Å². The van der Waals surface area contributed by atoms with Gasteiger partial charge >= 0.3 is 11.9 Å². The number of carboxylic acids is 2. The molecule has 0 radical (unpaired) electrons. The minimum atomic E-state index is -1.08. The number of pyridine rings is 1. The van der Waals surface area contributed by atoms with Gasteiger partial charge in [0.05, 0.1) is 16.5 Å². The first-order chi connectivity index (χ1) is 17.3. The van der Waals surface area contributed by atoms with E-state index in [0.717, 1.165) is 28.1 Å². The lowest BCUT2D eigenvalue weighted by Crippen LogP contribution is -2.28. The largest absolute Gasteiger partial charge is 0.481 e. The van der Waals surface area contributed by atoms with Crippen molar-refractivity contribution >= 4 is 22.7 Å². The van der Waals surface area contributed by atoms with Crippen LogP contribution in [0.4, 0.5) is 0 Å². The minimum Gasteiger partial charge on any atom is -0.481 e. The number of aromatic amines is 2. The Balaban J connectivity index is 0.000000200. The minimum absolute atomic E-state index is 0.0359. The molecule has 4 N–H and O–H groups in total. The van der Waals surface area contributed by atoms with Gasteiger partial charge in [0.25, 0.3) is 5.56 Å². The Morgan fingerprint density at radius 3 is 2.39 bits per heavy atom. The SMILES string of the molecule is CC1(C(=O)O)C=CC=C(C(=O)O)C1.O=c1[nH]ccc2c(-c3ccccc3Oc3ccccc3)[nH]cc12. The summed E-state index contributed by atoms with van der Waals surface area (Å²) in [5.74, 6) is -0.552. The average molecular weight is 485 g/mol. The van der Waals surface area contributed by atoms with Crippen molar-refractivity contribution in [3.63, 3.8) is 0 Å². The van der Waals surface area contributed by atoms with Gasteiger partial charge < -0.3 is 24.9 Å². The average Bonchev–Trinajstić information content (AvgIpc) is 3.31. The molecular weight excluding hydrogens is 460 g/mol. The normalized spacial score (nSPS) is 16.5. The van der Waals surface area contributed by atoms with Gasteiger partial charge in [0.2, 0.25) is 0 Å². The van der Waals surface area contributed by atoms with Crippen LogP contribution in [0.3, 0.4) is 0 Å². The van der Waals surface area contributed by atoms with Gasteiger partial charge in [0, 0.05) is 28.9 Å². The third-order valence-electron chi connectivity index (χ3n) is 5.84. The van der Waals surface area contributed by atoms with Crippen molar-refractivity contribution < 1.29 is 24.5 Å². The zero-order chi connectivity index (χ0) is 25.7. The fourth-order valence-electron chi connectivity index (χ4n) is 3.86. The molecule has 5 rings (SSSR count). The van der Waals surface area contributed by atoms with Crippen LogP contribution in [0.5, 0.6) is 11.5 Å². The van der Waals surface area contributed by atoms with Gasteiger partial charge in [-0.3, -0.25) is 9.59 Å². The van der Waals surface area contributed by atoms with Gasteiger partial charge in [-0.25, -0.2) is 4.79 Å². The third-order valence-corrected chi connectivity index (χ3v) is 5.84. The van der Waals surface area contributed by atoms with Crippen LogP contribution in [0.1, 0.15) is 13.3 Å². The highest BCUT2D eigenvalue weighted by molar-refractivity contribution is 5.96. The first kappa shape index (κ1) is 24.3. The summed E-state index contributed by atoms with van der Waals surface area (Å²) >= 11 is 0. The molecule has 1 aliphatic carbocycles. The van der Waals surface area contributed by atoms with E-state index in [1.165, 1.54) is 25.2 Å². The summed E-state index contributed by atoms with van der Waals surface area (Å²) in [7, 11) is 0. The van der Waals surface area contributed by atoms with Crippen LogP contribution >= 0.6 is 0 Å². The van der Waals surface area contributed by atoms with Crippen molar-refractivity contribution in [2.24, 2.45) is 5.41 Å². The zero-order valence-electron chi connectivity index (χ0n) is 19.4. The van der Waals surface area contributed by atoms with Gasteiger partial charge in [-0.1, -0.05) is 48.6 Å². The molecule has 0 aliphatic heterocycles. The number of benzene rings is 2. The van der Waals surface area contributed by atoms with Crippen LogP contribution in [0.2, 0.25) is 0 Å². The molecule has 182 valence electrons. The van der Waals surface area contributed by atoms with Gasteiger partial charge in [0.1, 0.15) is 11.5 Å². The summed E-state index contributed by atoms with van der Waals surface area (Å²) in [6.07, 6.45) is 7.81. The molecular formula is C28H24N2O6. The fraction of sp³-hybridized carbons (Fsp3) is 0.107. The van der Waals surface area contributed by atoms with E-state index in [0.29, 0.717) is 5.39 Å². The summed E-state index contributed by atoms with van der Waals surface area (Å²) < 4.78 is 6.01. The Morgan fingerprint density at radius 2 is 1.67 bits per heavy atom. The Morgan fingerprint density at radius 1 is 0.944 bits per heavy atom. The maximum atomic E-state index is 11.9. The summed E-state index contributed by atoms with van der Waals surface area (Å²) in [5.41, 5.74) is 0.732. The number of rotatable bonds is 5. The number of carboxylic acid groups (broad SMARTS) is 2. The molecule has 0 bridgehead atoms. The van der Waals surface area contributed by atoms with Crippen LogP contribution in [-0.4, -0.2) is 32.1 Å². The predicted molar refractivity (Wildman–Crippen MR) is 136 cm³/mol. The molecule has 0 saturated carbocycles. The summed E-state index contributed by atoms with van der Waals surface area (Å²) in [5, 5.41) is 19.0. The number of ether oxygens (including phenoxy) is 1. The van der Waals surface area contributed by atoms with E-state index in [9.17, 15) is 14.4 Å². The molecule has 2 heterocycles. The van der Waals surface area contributed by atoms with Gasteiger partial charge in [-0.2, -0.15) is 0 Å². The highest BCUT2D eigenvalue weighted by atomic mass is 16.5. The summed E-state index contributed by atoms with van der Waals surface area (Å²) in [6, 6.07) is 19.3. The Labute approximate surface area is 206 Å². The van der Waals surface area contributed by atoms with Crippen molar-refractivity contribution in [1.82, 2.24) is 9.97 Å². The van der Waals surface area contributed by atoms with Gasteiger partial charge in [-0.15, -0.1) is 0 Å². The lowest BCUT2D eigenvalue weighted by atomic mass is 9.80. The maximum absolute atomic E-state index is 11.9. The molecule has 0 saturated heterocycles. The molecule has 8 heteroatoms. The van der Waals surface area contributed by atoms with Crippen molar-refractivity contribution in [2.75, 3.05) is 0 Å². The van der Waals surface area contributed by atoms with E-state index >= 15 is 0 Å². The zero-order valence-corrected chi connectivity index (χ0v) is 19.4. The standard InChI is InChI=1S/C19H14N2O2.C9H10O4/c22-19-16-12-21-18(14(16)10-11-20-19)15-8-4-5-9-17(15)23-13-6-2-1-3-7-13;1-9(8(12)13)4-2-3-6(5-9)7(10)11/h1-12,21H,(H,20,22);2-4H,5H2,1H3,(H,10,11)(H,12,13). The van der Waals surface area contributed by atoms with E-state index in [1.807, 2.05) is 60.7 Å². The number of H-pyrrole nitrogens is 2. The number of allylic oxidation sites excluding steroid dienone is 2. The second-order valence-electron chi connectivity index (χ2n) is 8.46. The third kappa shape index (κ3) is 5.12. The summed E-state index contributed by atoms with van der Waals surface area (Å²) in [4.78, 5) is 39.1. The number of carbonyl (C=O) groups is 2. The second kappa shape index (κ2) is 10.2. The number of nitrogens with one attached hydrogen (secondary N) is 2. The van der Waals surface area contributed by atoms with Crippen LogP contribution in [-0.2, 0) is 9.59 Å². The Hall–Kier alpha value is -4.85. The molecule has 0 amide bonds. The first-order valence-corrected chi connectivity index (χ1v) is 11.1. The second-order valence-corrected chi connectivity index (χ2v) is 8.46. The molecule has 36 heavy (non-hydrogen) atoms. The van der Waals surface area contributed by atoms with Crippen LogP contribution in [0.15, 0.2) is 102 Å². The van der Waals surface area contributed by atoms with E-state index in [2.05, 4.69) is 9.97 Å². The molecule has 1 aliphatic rings. The predicted octanol–water partition coefficient (Wildman–Crippen LogP) is 5.36. The fourth-order valence-corrected chi connectivity index (χ4v) is 3.86. The molecule has 4 aromatic rings. The molecule has 2 aromatic heterocycles. The lowest BCUT2D eigenvalue weighted by Gasteiger charge is -2.23. The number of para-hydroxylation sites is 2. The van der Waals surface area contributed by atoms with E-state index in [-0.39, 0.29) is 17.6 Å². The molecule has 2 aromatic carbocycles. The number of hydrogen-bond donors (Lipinski definition) is 4. The number of hydrogen-bond acceptors (Lipinski definition) is 4. The summed E-state index contributed by atoms with van der Waals surface area (Å²) in [6.45, 7) is 1.50. The van der Waals surface area contributed by atoms with Gasteiger partial charge in [-0.05, 0) is 43.7 Å². The maximum Gasteiger partial charge on any atom is 0.331 e. The highest BCUT2D eigenvalue weighted by Gasteiger charge is 2.34. The molecule has 0 spiro atoms. The first-order valence-electron chi connectivity index (χ1n) is 11.1. The molecule has 8 nitrogen and oxygen atoms in total. The molecule has 1 atom stereocenters. The lowest BCUT2D eigenvalue weighted by molar-refractivity contribution is -0.145. The van der Waals surface area contributed by atoms with Gasteiger partial charge in [0.15, 0.2) is 0 Å². The van der Waals surface area contributed by atoms with Crippen molar-refractivity contribution in [3.8, 4) is 22.8 Å². The topological polar surface area (TPSA) is 132 Å². The van der Waals surface area contributed by atoms with Crippen molar-refractivity contribution in [2.45, 2.75) is 13.3 Å². The van der Waals surface area contributed by atoms with Crippen LogP contribution in [0, 0.1) is 5.41 Å². The monoisotopic (exact) mass is 484 g/mol. The van der Waals surface area contributed by atoms with Crippen LogP contribution in [0.25, 0.3) is 22.0 Å². The van der Waals surface area contributed by atoms with Crippen molar-refractivity contribution in [3.05, 3.63) is 107 Å². The molecule has 0 fully saturated rings. The molecule has 1 unspecified atom stereocenters. The van der Waals surface area contributed by atoms with E-state index in [1.54, 1.807) is 12.4 Å². The highest BCUT2D eigenvalue weighted by Crippen LogP contribution is 2.35. The number of fused-ring (bicyclic) bond motifs is 1. The van der Waals surface area contributed by atoms with Crippen LogP contribution < -0.4 is 10.3 Å². The smallest absolute Gasteiger partial charge is 0.331 e. The van der Waals surface area contributed by atoms with E-state index in [4.69, 9.17) is 14.9 Å². The Bertz CT molecular complexity index is 1530.